The van der Waals surface area contributed by atoms with E-state index in [-0.39, 0.29) is 18.6 Å². The molecule has 0 fully saturated rings. The third kappa shape index (κ3) is 4.08. The predicted molar refractivity (Wildman–Crippen MR) is 96.5 cm³/mol. The zero-order valence-electron chi connectivity index (χ0n) is 14.7. The number of nitrogens with one attached hydrogen (secondary N) is 1. The van der Waals surface area contributed by atoms with Gasteiger partial charge in [-0.25, -0.2) is 4.79 Å². The van der Waals surface area contributed by atoms with Crippen LogP contribution in [0.25, 0.3) is 0 Å². The predicted octanol–water partition coefficient (Wildman–Crippen LogP) is 3.65. The average molecular weight is 337 g/mol. The first-order chi connectivity index (χ1) is 12.0. The van der Waals surface area contributed by atoms with E-state index in [1.807, 2.05) is 38.1 Å². The Hall–Kier alpha value is -2.62. The lowest BCUT2D eigenvalue weighted by Gasteiger charge is -2.26. The van der Waals surface area contributed by atoms with E-state index in [1.165, 1.54) is 11.1 Å². The molecule has 25 heavy (non-hydrogen) atoms. The summed E-state index contributed by atoms with van der Waals surface area (Å²) in [4.78, 5) is 24.4. The third-order valence-corrected chi connectivity index (χ3v) is 4.65. The number of carbonyl (C=O) groups excluding carboxylic acids is 2. The van der Waals surface area contributed by atoms with Gasteiger partial charge in [0.25, 0.3) is 5.91 Å². The Morgan fingerprint density at radius 2 is 1.96 bits per heavy atom. The van der Waals surface area contributed by atoms with Crippen molar-refractivity contribution >= 4 is 11.9 Å². The number of rotatable bonds is 4. The Kier molecular flexibility index (Phi) is 5.17. The molecule has 4 heteroatoms. The summed E-state index contributed by atoms with van der Waals surface area (Å²) in [5.74, 6) is -0.722. The Morgan fingerprint density at radius 3 is 2.80 bits per heavy atom. The Bertz CT molecular complexity index is 797. The molecule has 1 N–H and O–H groups in total. The number of carbonyl (C=O) groups is 2. The molecule has 0 unspecified atom stereocenters. The molecule has 1 amide bonds. The zero-order valence-corrected chi connectivity index (χ0v) is 14.7. The Balaban J connectivity index is 1.59. The van der Waals surface area contributed by atoms with Crippen LogP contribution in [0.3, 0.4) is 0 Å². The minimum atomic E-state index is -0.458. The van der Waals surface area contributed by atoms with E-state index < -0.39 is 5.97 Å². The van der Waals surface area contributed by atoms with Crippen molar-refractivity contribution in [2.75, 3.05) is 6.61 Å². The second-order valence-corrected chi connectivity index (χ2v) is 6.61. The fourth-order valence-corrected chi connectivity index (χ4v) is 3.30. The number of hydrogen-bond acceptors (Lipinski definition) is 3. The van der Waals surface area contributed by atoms with Gasteiger partial charge in [-0.1, -0.05) is 42.0 Å². The topological polar surface area (TPSA) is 55.4 Å². The molecule has 2 aromatic rings. The van der Waals surface area contributed by atoms with Crippen molar-refractivity contribution in [1.29, 1.82) is 0 Å². The highest BCUT2D eigenvalue weighted by molar-refractivity contribution is 5.92. The largest absolute Gasteiger partial charge is 0.452 e. The van der Waals surface area contributed by atoms with Crippen molar-refractivity contribution in [2.45, 2.75) is 39.2 Å². The number of hydrogen-bond donors (Lipinski definition) is 1. The van der Waals surface area contributed by atoms with Gasteiger partial charge in [-0.05, 0) is 55.9 Å². The summed E-state index contributed by atoms with van der Waals surface area (Å²) in [6.07, 6.45) is 3.00. The molecule has 1 atom stereocenters. The van der Waals surface area contributed by atoms with Crippen LogP contribution in [0.15, 0.2) is 42.5 Å². The molecule has 0 aliphatic heterocycles. The van der Waals surface area contributed by atoms with Gasteiger partial charge >= 0.3 is 5.97 Å². The highest BCUT2D eigenvalue weighted by Gasteiger charge is 2.22. The van der Waals surface area contributed by atoms with E-state index in [0.717, 1.165) is 30.4 Å². The molecule has 0 bridgehead atoms. The highest BCUT2D eigenvalue weighted by Crippen LogP contribution is 2.29. The van der Waals surface area contributed by atoms with Crippen LogP contribution in [-0.4, -0.2) is 18.5 Å². The van der Waals surface area contributed by atoms with Crippen LogP contribution in [0.5, 0.6) is 0 Å². The van der Waals surface area contributed by atoms with E-state index in [9.17, 15) is 9.59 Å². The summed E-state index contributed by atoms with van der Waals surface area (Å²) in [5.41, 5.74) is 4.79. The first-order valence-electron chi connectivity index (χ1n) is 8.66. The molecule has 3 rings (SSSR count). The van der Waals surface area contributed by atoms with Crippen LogP contribution >= 0.6 is 0 Å². The molecule has 2 aromatic carbocycles. The maximum atomic E-state index is 12.2. The van der Waals surface area contributed by atoms with Crippen molar-refractivity contribution in [3.8, 4) is 0 Å². The van der Waals surface area contributed by atoms with Gasteiger partial charge in [-0.15, -0.1) is 0 Å². The normalized spacial score (nSPS) is 16.0. The summed E-state index contributed by atoms with van der Waals surface area (Å²) in [6.45, 7) is 3.52. The van der Waals surface area contributed by atoms with Gasteiger partial charge in [0.05, 0.1) is 11.6 Å². The number of fused-ring (bicyclic) bond motifs is 1. The number of amides is 1. The number of esters is 1. The van der Waals surface area contributed by atoms with E-state index in [2.05, 4.69) is 17.4 Å². The molecule has 0 saturated heterocycles. The van der Waals surface area contributed by atoms with E-state index in [0.29, 0.717) is 5.56 Å². The molecule has 0 heterocycles. The molecule has 1 aliphatic rings. The lowest BCUT2D eigenvalue weighted by molar-refractivity contribution is -0.125. The summed E-state index contributed by atoms with van der Waals surface area (Å²) >= 11 is 0. The second kappa shape index (κ2) is 7.51. The molecule has 130 valence electrons. The third-order valence-electron chi connectivity index (χ3n) is 4.65. The van der Waals surface area contributed by atoms with Gasteiger partial charge < -0.3 is 10.1 Å². The van der Waals surface area contributed by atoms with Crippen LogP contribution in [0.4, 0.5) is 0 Å². The Labute approximate surface area is 148 Å². The van der Waals surface area contributed by atoms with Crippen LogP contribution < -0.4 is 5.32 Å². The van der Waals surface area contributed by atoms with Gasteiger partial charge in [-0.3, -0.25) is 4.79 Å². The van der Waals surface area contributed by atoms with Crippen molar-refractivity contribution in [2.24, 2.45) is 0 Å². The maximum absolute atomic E-state index is 12.2. The van der Waals surface area contributed by atoms with Crippen molar-refractivity contribution < 1.29 is 14.3 Å². The van der Waals surface area contributed by atoms with Crippen molar-refractivity contribution in [3.05, 3.63) is 70.3 Å². The lowest BCUT2D eigenvalue weighted by Crippen LogP contribution is -2.34. The quantitative estimate of drug-likeness (QED) is 0.867. The van der Waals surface area contributed by atoms with Crippen LogP contribution in [0.1, 0.15) is 51.5 Å². The number of aryl methyl sites for hydroxylation is 3. The summed E-state index contributed by atoms with van der Waals surface area (Å²) in [7, 11) is 0. The van der Waals surface area contributed by atoms with Gasteiger partial charge in [0.15, 0.2) is 6.61 Å². The molecule has 0 spiro atoms. The molecular weight excluding hydrogens is 314 g/mol. The SMILES string of the molecule is Cc1ccc(C)c(C(=O)OCC(=O)N[C@H]2CCCc3ccccc32)c1. The molecular formula is C21H23NO3. The monoisotopic (exact) mass is 337 g/mol. The van der Waals surface area contributed by atoms with Gasteiger partial charge in [0.1, 0.15) is 0 Å². The fraction of sp³-hybridized carbons (Fsp3) is 0.333. The van der Waals surface area contributed by atoms with Crippen molar-refractivity contribution in [3.63, 3.8) is 0 Å². The summed E-state index contributed by atoms with van der Waals surface area (Å²) in [5, 5.41) is 2.99. The van der Waals surface area contributed by atoms with E-state index >= 15 is 0 Å². The molecule has 4 nitrogen and oxygen atoms in total. The van der Waals surface area contributed by atoms with Crippen LogP contribution in [-0.2, 0) is 16.0 Å². The van der Waals surface area contributed by atoms with Gasteiger partial charge in [0.2, 0.25) is 0 Å². The second-order valence-electron chi connectivity index (χ2n) is 6.61. The van der Waals surface area contributed by atoms with Gasteiger partial charge in [0, 0.05) is 0 Å². The van der Waals surface area contributed by atoms with E-state index in [4.69, 9.17) is 4.74 Å². The number of benzene rings is 2. The fourth-order valence-electron chi connectivity index (χ4n) is 3.30. The first kappa shape index (κ1) is 17.2. The Morgan fingerprint density at radius 1 is 1.16 bits per heavy atom. The van der Waals surface area contributed by atoms with Gasteiger partial charge in [-0.2, -0.15) is 0 Å². The maximum Gasteiger partial charge on any atom is 0.338 e. The van der Waals surface area contributed by atoms with Crippen LogP contribution in [0, 0.1) is 13.8 Å². The van der Waals surface area contributed by atoms with Crippen molar-refractivity contribution in [1.82, 2.24) is 5.32 Å². The smallest absolute Gasteiger partial charge is 0.338 e. The van der Waals surface area contributed by atoms with E-state index in [1.54, 1.807) is 6.07 Å². The minimum Gasteiger partial charge on any atom is -0.452 e. The summed E-state index contributed by atoms with van der Waals surface area (Å²) in [6, 6.07) is 13.8. The lowest BCUT2D eigenvalue weighted by atomic mass is 9.88. The highest BCUT2D eigenvalue weighted by atomic mass is 16.5. The summed E-state index contributed by atoms with van der Waals surface area (Å²) < 4.78 is 5.20. The zero-order chi connectivity index (χ0) is 17.8. The molecule has 0 radical (unpaired) electrons. The molecule has 1 aliphatic carbocycles. The van der Waals surface area contributed by atoms with Crippen LogP contribution in [0.2, 0.25) is 0 Å². The number of ether oxygens (including phenoxy) is 1. The molecule has 0 saturated carbocycles. The standard InChI is InChI=1S/C21H23NO3/c1-14-10-11-15(2)18(12-14)21(24)25-13-20(23)22-19-9-5-7-16-6-3-4-8-17(16)19/h3-4,6,8,10-12,19H,5,7,9,13H2,1-2H3,(H,22,23)/t19-/m0/s1. The first-order valence-corrected chi connectivity index (χ1v) is 8.66. The molecule has 0 aromatic heterocycles. The average Bonchev–Trinajstić information content (AvgIpc) is 2.62. The minimum absolute atomic E-state index is 0.00291.